The van der Waals surface area contributed by atoms with E-state index < -0.39 is 28.3 Å². The Labute approximate surface area is 163 Å². The number of anilines is 1. The summed E-state index contributed by atoms with van der Waals surface area (Å²) in [5.41, 5.74) is 2.58. The maximum atomic E-state index is 12.2. The van der Waals surface area contributed by atoms with Crippen LogP contribution in [-0.4, -0.2) is 35.3 Å². The van der Waals surface area contributed by atoms with E-state index in [1.54, 1.807) is 25.1 Å². The lowest BCUT2D eigenvalue weighted by atomic mass is 10.2. The Morgan fingerprint density at radius 2 is 2.11 bits per heavy atom. The fourth-order valence-electron chi connectivity index (χ4n) is 2.17. The van der Waals surface area contributed by atoms with Gasteiger partial charge in [-0.05, 0) is 25.1 Å². The minimum atomic E-state index is -0.713. The van der Waals surface area contributed by atoms with E-state index in [0.717, 1.165) is 6.21 Å². The van der Waals surface area contributed by atoms with Gasteiger partial charge in [-0.1, -0.05) is 28.1 Å². The fourth-order valence-corrected chi connectivity index (χ4v) is 2.63. The van der Waals surface area contributed by atoms with Crippen LogP contribution in [0.3, 0.4) is 0 Å². The molecule has 0 aromatic heterocycles. The van der Waals surface area contributed by atoms with Gasteiger partial charge in [0.2, 0.25) is 5.75 Å². The molecule has 0 heterocycles. The number of benzene rings is 2. The van der Waals surface area contributed by atoms with Gasteiger partial charge in [0.1, 0.15) is 11.8 Å². The van der Waals surface area contributed by atoms with Crippen molar-refractivity contribution < 1.29 is 19.6 Å². The van der Waals surface area contributed by atoms with Crippen LogP contribution in [0.15, 0.2) is 46.0 Å². The number of carbonyl (C=O) groups excluding carboxylic acids is 1. The van der Waals surface area contributed by atoms with E-state index in [-0.39, 0.29) is 5.56 Å². The summed E-state index contributed by atoms with van der Waals surface area (Å²) in [7, 11) is 1.53. The molecule has 0 radical (unpaired) electrons. The quantitative estimate of drug-likeness (QED) is 0.347. The number of nitro benzene ring substituents is 1. The summed E-state index contributed by atoms with van der Waals surface area (Å²) in [6.07, 6.45) is 1.13. The molecule has 0 saturated heterocycles. The van der Waals surface area contributed by atoms with E-state index in [1.807, 2.05) is 6.07 Å². The van der Waals surface area contributed by atoms with Gasteiger partial charge in [-0.2, -0.15) is 5.10 Å². The number of phenols is 1. The van der Waals surface area contributed by atoms with Crippen molar-refractivity contribution in [2.75, 3.05) is 12.4 Å². The molecule has 27 heavy (non-hydrogen) atoms. The number of hydrogen-bond donors (Lipinski definition) is 3. The molecule has 9 nitrogen and oxygen atoms in total. The molecule has 1 atom stereocenters. The van der Waals surface area contributed by atoms with Crippen molar-refractivity contribution in [2.45, 2.75) is 13.0 Å². The van der Waals surface area contributed by atoms with E-state index in [2.05, 4.69) is 31.8 Å². The maximum Gasteiger partial charge on any atom is 0.312 e. The fraction of sp³-hybridized carbons (Fsp3) is 0.176. The highest BCUT2D eigenvalue weighted by atomic mass is 79.9. The zero-order valence-corrected chi connectivity index (χ0v) is 16.1. The summed E-state index contributed by atoms with van der Waals surface area (Å²) in [4.78, 5) is 22.4. The smallest absolute Gasteiger partial charge is 0.312 e. The standard InChI is InChI=1S/C17H17BrN4O5/c1-10(20-13-5-3-4-6-15(13)27-2)17(24)21-19-9-11-7-12(18)8-14(16(11)23)22(25)26/h3-10,20,23H,1-2H3,(H,21,24)/b19-9-/t10-/m1/s1. The van der Waals surface area contributed by atoms with Crippen LogP contribution in [0.25, 0.3) is 0 Å². The SMILES string of the molecule is COc1ccccc1N[C@H](C)C(=O)N/N=C\c1cc(Br)cc([N+](=O)[O-])c1O. The third-order valence-corrected chi connectivity index (χ3v) is 3.99. The summed E-state index contributed by atoms with van der Waals surface area (Å²) in [5.74, 6) is -0.394. The van der Waals surface area contributed by atoms with Crippen molar-refractivity contribution in [2.24, 2.45) is 5.10 Å². The monoisotopic (exact) mass is 436 g/mol. The van der Waals surface area contributed by atoms with E-state index in [9.17, 15) is 20.0 Å². The molecule has 0 saturated carbocycles. The predicted molar refractivity (Wildman–Crippen MR) is 104 cm³/mol. The first-order valence-corrected chi connectivity index (χ1v) is 8.52. The normalized spacial score (nSPS) is 11.8. The zero-order valence-electron chi connectivity index (χ0n) is 14.5. The predicted octanol–water partition coefficient (Wildman–Crippen LogP) is 3.02. The van der Waals surface area contributed by atoms with Crippen LogP contribution in [0.4, 0.5) is 11.4 Å². The Bertz CT molecular complexity index is 888. The maximum absolute atomic E-state index is 12.2. The van der Waals surface area contributed by atoms with E-state index in [4.69, 9.17) is 4.74 Å². The molecule has 0 fully saturated rings. The third kappa shape index (κ3) is 5.17. The number of nitrogens with one attached hydrogen (secondary N) is 2. The van der Waals surface area contributed by atoms with Crippen molar-refractivity contribution in [3.63, 3.8) is 0 Å². The first-order valence-electron chi connectivity index (χ1n) is 7.73. The molecule has 2 rings (SSSR count). The molecule has 0 bridgehead atoms. The largest absolute Gasteiger partial charge is 0.502 e. The molecule has 0 aliphatic heterocycles. The van der Waals surface area contributed by atoms with Gasteiger partial charge in [0.25, 0.3) is 5.91 Å². The van der Waals surface area contributed by atoms with Gasteiger partial charge < -0.3 is 15.2 Å². The number of halogens is 1. The van der Waals surface area contributed by atoms with Gasteiger partial charge in [0.15, 0.2) is 0 Å². The van der Waals surface area contributed by atoms with Crippen molar-refractivity contribution in [3.8, 4) is 11.5 Å². The van der Waals surface area contributed by atoms with Gasteiger partial charge in [0, 0.05) is 16.1 Å². The lowest BCUT2D eigenvalue weighted by molar-refractivity contribution is -0.385. The van der Waals surface area contributed by atoms with Crippen LogP contribution in [-0.2, 0) is 4.79 Å². The first kappa shape index (κ1) is 20.2. The van der Waals surface area contributed by atoms with Crippen molar-refractivity contribution in [1.82, 2.24) is 5.43 Å². The Hall–Kier alpha value is -3.14. The molecule has 0 spiro atoms. The van der Waals surface area contributed by atoms with Crippen LogP contribution in [0.2, 0.25) is 0 Å². The first-order chi connectivity index (χ1) is 12.8. The van der Waals surface area contributed by atoms with E-state index in [1.165, 1.54) is 19.2 Å². The number of rotatable bonds is 7. The number of para-hydroxylation sites is 2. The molecule has 0 aliphatic carbocycles. The summed E-state index contributed by atoms with van der Waals surface area (Å²) in [6.45, 7) is 1.64. The van der Waals surface area contributed by atoms with Gasteiger partial charge in [-0.25, -0.2) is 5.43 Å². The number of aromatic hydroxyl groups is 1. The Morgan fingerprint density at radius 3 is 2.78 bits per heavy atom. The molecular formula is C17H17BrN4O5. The molecule has 1 amide bonds. The van der Waals surface area contributed by atoms with E-state index >= 15 is 0 Å². The van der Waals surface area contributed by atoms with Crippen LogP contribution >= 0.6 is 15.9 Å². The molecule has 0 aliphatic rings. The summed E-state index contributed by atoms with van der Waals surface area (Å²) in [5, 5.41) is 27.6. The second-order valence-corrected chi connectivity index (χ2v) is 6.34. The number of hydrogen-bond acceptors (Lipinski definition) is 7. The average molecular weight is 437 g/mol. The Balaban J connectivity index is 2.06. The van der Waals surface area contributed by atoms with Crippen LogP contribution in [0.1, 0.15) is 12.5 Å². The van der Waals surface area contributed by atoms with Gasteiger partial charge in [-0.15, -0.1) is 0 Å². The number of methoxy groups -OCH3 is 1. The second-order valence-electron chi connectivity index (χ2n) is 5.42. The van der Waals surface area contributed by atoms with Gasteiger partial charge >= 0.3 is 5.69 Å². The molecule has 10 heteroatoms. The number of nitro groups is 1. The Kier molecular flexibility index (Phi) is 6.72. The lowest BCUT2D eigenvalue weighted by Crippen LogP contribution is -2.35. The molecular weight excluding hydrogens is 420 g/mol. The summed E-state index contributed by atoms with van der Waals surface area (Å²) < 4.78 is 5.60. The van der Waals surface area contributed by atoms with Crippen molar-refractivity contribution in [3.05, 3.63) is 56.5 Å². The molecule has 0 unspecified atom stereocenters. The lowest BCUT2D eigenvalue weighted by Gasteiger charge is -2.15. The second kappa shape index (κ2) is 8.99. The van der Waals surface area contributed by atoms with Crippen LogP contribution < -0.4 is 15.5 Å². The summed E-state index contributed by atoms with van der Waals surface area (Å²) in [6, 6.07) is 9.11. The molecule has 3 N–H and O–H groups in total. The van der Waals surface area contributed by atoms with Crippen molar-refractivity contribution in [1.29, 1.82) is 0 Å². The average Bonchev–Trinajstić information content (AvgIpc) is 2.64. The van der Waals surface area contributed by atoms with Gasteiger partial charge in [-0.3, -0.25) is 14.9 Å². The number of phenolic OH excluding ortho intramolecular Hbond substituents is 1. The highest BCUT2D eigenvalue weighted by Crippen LogP contribution is 2.32. The van der Waals surface area contributed by atoms with Crippen molar-refractivity contribution >= 4 is 39.4 Å². The molecule has 142 valence electrons. The molecule has 2 aromatic rings. The van der Waals surface area contributed by atoms with Gasteiger partial charge in [0.05, 0.1) is 23.9 Å². The highest BCUT2D eigenvalue weighted by molar-refractivity contribution is 9.10. The molecule has 2 aromatic carbocycles. The van der Waals surface area contributed by atoms with E-state index in [0.29, 0.717) is 15.9 Å². The number of carbonyl (C=O) groups is 1. The number of ether oxygens (including phenoxy) is 1. The zero-order chi connectivity index (χ0) is 20.0. The number of hydrazone groups is 1. The number of nitrogens with zero attached hydrogens (tertiary/aromatic N) is 2. The summed E-state index contributed by atoms with van der Waals surface area (Å²) >= 11 is 3.12. The van der Waals surface area contributed by atoms with Crippen LogP contribution in [0.5, 0.6) is 11.5 Å². The topological polar surface area (TPSA) is 126 Å². The number of amides is 1. The minimum Gasteiger partial charge on any atom is -0.502 e. The van der Waals surface area contributed by atoms with Crippen LogP contribution in [0, 0.1) is 10.1 Å². The minimum absolute atomic E-state index is 0.0849. The third-order valence-electron chi connectivity index (χ3n) is 3.53. The Morgan fingerprint density at radius 1 is 1.41 bits per heavy atom. The highest BCUT2D eigenvalue weighted by Gasteiger charge is 2.18.